The number of carbonyl (C=O) groups excluding carboxylic acids is 1. The van der Waals surface area contributed by atoms with Gasteiger partial charge in [0.15, 0.2) is 0 Å². The van der Waals surface area contributed by atoms with E-state index in [1.54, 1.807) is 24.3 Å². The molecule has 0 radical (unpaired) electrons. The van der Waals surface area contributed by atoms with Gasteiger partial charge in [0.05, 0.1) is 17.6 Å². The molecule has 0 bridgehead atoms. The molecule has 0 saturated heterocycles. The topological polar surface area (TPSA) is 77.1 Å². The Balaban J connectivity index is 1.90. The summed E-state index contributed by atoms with van der Waals surface area (Å²) in [5.74, 6) is 0.0170. The summed E-state index contributed by atoms with van der Waals surface area (Å²) in [5, 5.41) is 20.1. The molecule has 0 atom stereocenters. The Bertz CT molecular complexity index is 929. The lowest BCUT2D eigenvalue weighted by Crippen LogP contribution is -2.21. The molecule has 116 valence electrons. The van der Waals surface area contributed by atoms with Gasteiger partial charge in [-0.05, 0) is 29.3 Å². The van der Waals surface area contributed by atoms with Gasteiger partial charge in [-0.25, -0.2) is 0 Å². The number of carbonyl (C=O) groups is 1. The van der Waals surface area contributed by atoms with Crippen LogP contribution in [0.15, 0.2) is 71.1 Å². The Hall–Kier alpha value is -3.58. The van der Waals surface area contributed by atoms with E-state index in [2.05, 4.69) is 6.07 Å². The van der Waals surface area contributed by atoms with Crippen molar-refractivity contribution in [3.05, 3.63) is 83.6 Å². The summed E-state index contributed by atoms with van der Waals surface area (Å²) in [5.41, 5.74) is 2.02. The first kappa shape index (κ1) is 15.3. The first-order valence-corrected chi connectivity index (χ1v) is 7.26. The van der Waals surface area contributed by atoms with Gasteiger partial charge in [-0.3, -0.25) is 0 Å². The van der Waals surface area contributed by atoms with Crippen molar-refractivity contribution in [3.63, 3.8) is 0 Å². The van der Waals surface area contributed by atoms with E-state index in [4.69, 9.17) is 4.42 Å². The number of aromatic carboxylic acids is 1. The first-order chi connectivity index (χ1) is 11.7. The molecule has 0 fully saturated rings. The summed E-state index contributed by atoms with van der Waals surface area (Å²) in [6, 6.07) is 21.4. The maximum Gasteiger partial charge on any atom is 0.134 e. The molecule has 0 saturated carbocycles. The largest absolute Gasteiger partial charge is 0.545 e. The molecule has 0 aliphatic rings. The van der Waals surface area contributed by atoms with Crippen molar-refractivity contribution in [2.24, 2.45) is 0 Å². The van der Waals surface area contributed by atoms with Crippen LogP contribution in [0.2, 0.25) is 0 Å². The quantitative estimate of drug-likeness (QED) is 0.692. The zero-order chi connectivity index (χ0) is 16.9. The van der Waals surface area contributed by atoms with E-state index in [0.717, 1.165) is 5.56 Å². The molecule has 0 N–H and O–H groups in total. The van der Waals surface area contributed by atoms with E-state index in [-0.39, 0.29) is 5.56 Å². The molecular formula is C20H12NO3-. The summed E-state index contributed by atoms with van der Waals surface area (Å²) < 4.78 is 5.75. The number of furan rings is 1. The predicted molar refractivity (Wildman–Crippen MR) is 88.4 cm³/mol. The Morgan fingerprint density at radius 3 is 2.25 bits per heavy atom. The molecule has 0 aliphatic heterocycles. The maximum atomic E-state index is 10.8. The summed E-state index contributed by atoms with van der Waals surface area (Å²) in [4.78, 5) is 10.8. The molecular weight excluding hydrogens is 302 g/mol. The molecule has 0 unspecified atom stereocenters. The van der Waals surface area contributed by atoms with E-state index in [0.29, 0.717) is 22.7 Å². The van der Waals surface area contributed by atoms with Gasteiger partial charge in [-0.1, -0.05) is 54.6 Å². The zero-order valence-electron chi connectivity index (χ0n) is 12.6. The highest BCUT2D eigenvalue weighted by atomic mass is 16.4. The van der Waals surface area contributed by atoms with E-state index >= 15 is 0 Å². The van der Waals surface area contributed by atoms with Gasteiger partial charge in [0.1, 0.15) is 11.5 Å². The number of carboxylic acid groups (broad SMARTS) is 1. The third kappa shape index (κ3) is 3.26. The van der Waals surface area contributed by atoms with Crippen molar-refractivity contribution in [1.82, 2.24) is 0 Å². The minimum absolute atomic E-state index is 0.0698. The molecule has 4 heteroatoms. The number of hydrogen-bond acceptors (Lipinski definition) is 4. The minimum atomic E-state index is -1.25. The monoisotopic (exact) mass is 314 g/mol. The molecule has 0 spiro atoms. The molecule has 1 heterocycles. The summed E-state index contributed by atoms with van der Waals surface area (Å²) in [7, 11) is 0. The second kappa shape index (κ2) is 6.67. The number of allylic oxidation sites excluding steroid dienone is 1. The lowest BCUT2D eigenvalue weighted by Gasteiger charge is -2.03. The van der Waals surface area contributed by atoms with Crippen LogP contribution in [-0.4, -0.2) is 5.97 Å². The smallest absolute Gasteiger partial charge is 0.134 e. The Morgan fingerprint density at radius 2 is 1.62 bits per heavy atom. The number of benzene rings is 2. The van der Waals surface area contributed by atoms with Crippen LogP contribution < -0.4 is 5.11 Å². The van der Waals surface area contributed by atoms with Gasteiger partial charge in [0.2, 0.25) is 0 Å². The average molecular weight is 314 g/mol. The number of carboxylic acids is 1. The summed E-state index contributed by atoms with van der Waals surface area (Å²) >= 11 is 0. The van der Waals surface area contributed by atoms with E-state index < -0.39 is 5.97 Å². The van der Waals surface area contributed by atoms with Gasteiger partial charge >= 0.3 is 0 Å². The van der Waals surface area contributed by atoms with Crippen LogP contribution >= 0.6 is 0 Å². The number of rotatable bonds is 4. The van der Waals surface area contributed by atoms with Crippen molar-refractivity contribution >= 4 is 17.6 Å². The van der Waals surface area contributed by atoms with Crippen LogP contribution in [-0.2, 0) is 0 Å². The van der Waals surface area contributed by atoms with E-state index in [1.165, 1.54) is 12.1 Å². The maximum absolute atomic E-state index is 10.8. The Morgan fingerprint density at radius 1 is 0.958 bits per heavy atom. The van der Waals surface area contributed by atoms with Crippen molar-refractivity contribution in [1.29, 1.82) is 5.26 Å². The predicted octanol–water partition coefficient (Wildman–Crippen LogP) is 3.37. The van der Waals surface area contributed by atoms with Gasteiger partial charge in [0.25, 0.3) is 0 Å². The van der Waals surface area contributed by atoms with Crippen molar-refractivity contribution in [3.8, 4) is 17.4 Å². The van der Waals surface area contributed by atoms with Gasteiger partial charge in [-0.2, -0.15) is 5.26 Å². The van der Waals surface area contributed by atoms with Crippen LogP contribution in [0.25, 0.3) is 23.0 Å². The van der Waals surface area contributed by atoms with Crippen LogP contribution in [0.4, 0.5) is 0 Å². The van der Waals surface area contributed by atoms with Crippen LogP contribution in [0, 0.1) is 11.3 Å². The zero-order valence-corrected chi connectivity index (χ0v) is 12.6. The fourth-order valence-corrected chi connectivity index (χ4v) is 2.30. The highest BCUT2D eigenvalue weighted by molar-refractivity contribution is 5.91. The fourth-order valence-electron chi connectivity index (χ4n) is 2.30. The van der Waals surface area contributed by atoms with Crippen molar-refractivity contribution in [2.45, 2.75) is 0 Å². The normalized spacial score (nSPS) is 11.0. The molecule has 3 aromatic rings. The Kier molecular flexibility index (Phi) is 4.26. The number of hydrogen-bond donors (Lipinski definition) is 0. The number of nitrogens with zero attached hydrogens (tertiary/aromatic N) is 1. The SMILES string of the molecule is N#C/C(=C/c1ccc(-c2ccccc2)o1)c1ccc(C(=O)[O-])cc1. The first-order valence-electron chi connectivity index (χ1n) is 7.26. The van der Waals surface area contributed by atoms with Crippen molar-refractivity contribution in [2.75, 3.05) is 0 Å². The van der Waals surface area contributed by atoms with Gasteiger partial charge in [0, 0.05) is 5.56 Å². The number of nitriles is 1. The average Bonchev–Trinajstić information content (AvgIpc) is 3.09. The fraction of sp³-hybridized carbons (Fsp3) is 0. The summed E-state index contributed by atoms with van der Waals surface area (Å²) in [6.45, 7) is 0. The van der Waals surface area contributed by atoms with Crippen LogP contribution in [0.3, 0.4) is 0 Å². The molecule has 4 nitrogen and oxygen atoms in total. The third-order valence-electron chi connectivity index (χ3n) is 3.52. The van der Waals surface area contributed by atoms with Gasteiger partial charge in [-0.15, -0.1) is 0 Å². The molecule has 3 rings (SSSR count). The Labute approximate surface area is 138 Å². The lowest BCUT2D eigenvalue weighted by molar-refractivity contribution is -0.255. The standard InChI is InChI=1S/C20H13NO3/c21-13-17(14-6-8-16(9-7-14)20(22)23)12-18-10-11-19(24-18)15-4-2-1-3-5-15/h1-12H,(H,22,23)/p-1/b17-12-. The molecule has 1 aromatic heterocycles. The highest BCUT2D eigenvalue weighted by Gasteiger charge is 2.06. The minimum Gasteiger partial charge on any atom is -0.545 e. The van der Waals surface area contributed by atoms with Crippen LogP contribution in [0.5, 0.6) is 0 Å². The van der Waals surface area contributed by atoms with Gasteiger partial charge < -0.3 is 14.3 Å². The highest BCUT2D eigenvalue weighted by Crippen LogP contribution is 2.25. The summed E-state index contributed by atoms with van der Waals surface area (Å²) in [6.07, 6.45) is 1.63. The second-order valence-electron chi connectivity index (χ2n) is 5.10. The van der Waals surface area contributed by atoms with Crippen LogP contribution in [0.1, 0.15) is 21.7 Å². The third-order valence-corrected chi connectivity index (χ3v) is 3.52. The molecule has 0 aliphatic carbocycles. The molecule has 2 aromatic carbocycles. The van der Waals surface area contributed by atoms with Crippen molar-refractivity contribution < 1.29 is 14.3 Å². The van der Waals surface area contributed by atoms with E-state index in [1.807, 2.05) is 36.4 Å². The molecule has 0 amide bonds. The lowest BCUT2D eigenvalue weighted by atomic mass is 10.0. The van der Waals surface area contributed by atoms with E-state index in [9.17, 15) is 15.2 Å². The molecule has 24 heavy (non-hydrogen) atoms. The second-order valence-corrected chi connectivity index (χ2v) is 5.10.